The minimum atomic E-state index is -0.216. The number of carbonyl (C=O) groups excluding carboxylic acids is 1. The number of nitrogens with zero attached hydrogens (tertiary/aromatic N) is 3. The SMILES string of the molecule is CCCn1nc(SCC)sc1=NC(=O)c1ccccc1. The van der Waals surface area contributed by atoms with E-state index < -0.39 is 0 Å². The van der Waals surface area contributed by atoms with E-state index in [0.29, 0.717) is 10.4 Å². The van der Waals surface area contributed by atoms with Crippen LogP contribution in [0.15, 0.2) is 39.7 Å². The summed E-state index contributed by atoms with van der Waals surface area (Å²) >= 11 is 3.15. The zero-order chi connectivity index (χ0) is 14.4. The monoisotopic (exact) mass is 307 g/mol. The Balaban J connectivity index is 2.34. The van der Waals surface area contributed by atoms with Gasteiger partial charge in [-0.25, -0.2) is 4.68 Å². The predicted molar refractivity (Wildman–Crippen MR) is 83.1 cm³/mol. The Morgan fingerprint density at radius 2 is 2.10 bits per heavy atom. The summed E-state index contributed by atoms with van der Waals surface area (Å²) in [5.41, 5.74) is 0.605. The summed E-state index contributed by atoms with van der Waals surface area (Å²) < 4.78 is 2.78. The van der Waals surface area contributed by atoms with E-state index in [9.17, 15) is 4.79 Å². The summed E-state index contributed by atoms with van der Waals surface area (Å²) in [7, 11) is 0. The minimum absolute atomic E-state index is 0.216. The molecule has 2 aromatic rings. The van der Waals surface area contributed by atoms with E-state index in [-0.39, 0.29) is 5.91 Å². The van der Waals surface area contributed by atoms with Gasteiger partial charge in [0.05, 0.1) is 0 Å². The molecule has 1 aromatic carbocycles. The molecule has 1 amide bonds. The standard InChI is InChI=1S/C14H17N3OS2/c1-3-10-17-13(20-14(16-17)19-4-2)15-12(18)11-8-6-5-7-9-11/h5-9H,3-4,10H2,1-2H3. The molecular formula is C14H17N3OS2. The number of carbonyl (C=O) groups is 1. The van der Waals surface area contributed by atoms with Crippen molar-refractivity contribution in [3.8, 4) is 0 Å². The van der Waals surface area contributed by atoms with E-state index in [0.717, 1.165) is 23.1 Å². The Labute approximate surface area is 126 Å². The number of hydrogen-bond acceptors (Lipinski definition) is 4. The van der Waals surface area contributed by atoms with Gasteiger partial charge in [-0.2, -0.15) is 10.1 Å². The molecule has 0 fully saturated rings. The van der Waals surface area contributed by atoms with Gasteiger partial charge in [-0.1, -0.05) is 55.1 Å². The summed E-state index contributed by atoms with van der Waals surface area (Å²) in [6.07, 6.45) is 0.965. The third kappa shape index (κ3) is 3.80. The number of aromatic nitrogens is 2. The van der Waals surface area contributed by atoms with Crippen LogP contribution in [0.25, 0.3) is 0 Å². The summed E-state index contributed by atoms with van der Waals surface area (Å²) in [4.78, 5) is 17.0. The number of aryl methyl sites for hydroxylation is 1. The molecule has 0 N–H and O–H groups in total. The smallest absolute Gasteiger partial charge is 0.267 e. The molecular weight excluding hydrogens is 290 g/mol. The molecule has 0 radical (unpaired) electrons. The average molecular weight is 307 g/mol. The van der Waals surface area contributed by atoms with Crippen molar-refractivity contribution in [1.82, 2.24) is 9.78 Å². The second-order valence-electron chi connectivity index (χ2n) is 4.09. The third-order valence-electron chi connectivity index (χ3n) is 2.52. The van der Waals surface area contributed by atoms with Crippen LogP contribution in [0.3, 0.4) is 0 Å². The Kier molecular flexibility index (Phi) is 5.55. The zero-order valence-corrected chi connectivity index (χ0v) is 13.2. The Hall–Kier alpha value is -1.40. The highest BCUT2D eigenvalue weighted by Crippen LogP contribution is 2.17. The lowest BCUT2D eigenvalue weighted by atomic mass is 10.2. The summed E-state index contributed by atoms with van der Waals surface area (Å²) in [5.74, 6) is 0.748. The van der Waals surface area contributed by atoms with Crippen LogP contribution in [0, 0.1) is 0 Å². The molecule has 0 aliphatic rings. The van der Waals surface area contributed by atoms with Crippen molar-refractivity contribution < 1.29 is 4.79 Å². The fraction of sp³-hybridized carbons (Fsp3) is 0.357. The van der Waals surface area contributed by atoms with Gasteiger partial charge in [0.2, 0.25) is 4.80 Å². The summed E-state index contributed by atoms with van der Waals surface area (Å²) in [6.45, 7) is 4.95. The van der Waals surface area contributed by atoms with E-state index in [1.807, 2.05) is 22.9 Å². The molecule has 6 heteroatoms. The minimum Gasteiger partial charge on any atom is -0.267 e. The number of rotatable bonds is 5. The van der Waals surface area contributed by atoms with Crippen molar-refractivity contribution in [2.45, 2.75) is 31.2 Å². The molecule has 106 valence electrons. The number of thioether (sulfide) groups is 1. The molecule has 0 spiro atoms. The quantitative estimate of drug-likeness (QED) is 0.797. The molecule has 20 heavy (non-hydrogen) atoms. The molecule has 0 aliphatic carbocycles. The lowest BCUT2D eigenvalue weighted by Crippen LogP contribution is -2.18. The van der Waals surface area contributed by atoms with Gasteiger partial charge in [0.1, 0.15) is 0 Å². The van der Waals surface area contributed by atoms with E-state index >= 15 is 0 Å². The molecule has 0 bridgehead atoms. The highest BCUT2D eigenvalue weighted by atomic mass is 32.2. The van der Waals surface area contributed by atoms with E-state index in [2.05, 4.69) is 23.9 Å². The Morgan fingerprint density at radius 1 is 1.35 bits per heavy atom. The summed E-state index contributed by atoms with van der Waals surface area (Å²) in [5, 5.41) is 4.49. The average Bonchev–Trinajstić information content (AvgIpc) is 2.82. The molecule has 1 aromatic heterocycles. The fourth-order valence-corrected chi connectivity index (χ4v) is 3.52. The molecule has 1 heterocycles. The van der Waals surface area contributed by atoms with E-state index in [4.69, 9.17) is 0 Å². The molecule has 2 rings (SSSR count). The van der Waals surface area contributed by atoms with Crippen molar-refractivity contribution in [3.05, 3.63) is 40.7 Å². The second kappa shape index (κ2) is 7.40. The molecule has 0 atom stereocenters. The first-order chi connectivity index (χ1) is 9.74. The topological polar surface area (TPSA) is 47.2 Å². The van der Waals surface area contributed by atoms with Crippen molar-refractivity contribution in [3.63, 3.8) is 0 Å². The highest BCUT2D eigenvalue weighted by molar-refractivity contribution is 8.00. The van der Waals surface area contributed by atoms with Crippen molar-refractivity contribution in [2.24, 2.45) is 4.99 Å². The number of hydrogen-bond donors (Lipinski definition) is 0. The van der Waals surface area contributed by atoms with Gasteiger partial charge >= 0.3 is 0 Å². The van der Waals surface area contributed by atoms with Gasteiger partial charge in [0.25, 0.3) is 5.91 Å². The van der Waals surface area contributed by atoms with Crippen molar-refractivity contribution in [1.29, 1.82) is 0 Å². The van der Waals surface area contributed by atoms with E-state index in [1.165, 1.54) is 11.3 Å². The maximum absolute atomic E-state index is 12.1. The van der Waals surface area contributed by atoms with E-state index in [1.54, 1.807) is 23.9 Å². The Bertz CT molecular complexity index is 631. The van der Waals surface area contributed by atoms with Crippen LogP contribution in [-0.2, 0) is 6.54 Å². The van der Waals surface area contributed by atoms with Crippen molar-refractivity contribution >= 4 is 29.0 Å². The van der Waals surface area contributed by atoms with Gasteiger partial charge < -0.3 is 0 Å². The maximum atomic E-state index is 12.1. The van der Waals surface area contributed by atoms with Crippen LogP contribution in [-0.4, -0.2) is 21.4 Å². The zero-order valence-electron chi connectivity index (χ0n) is 11.6. The van der Waals surface area contributed by atoms with Crippen LogP contribution < -0.4 is 4.80 Å². The fourth-order valence-electron chi connectivity index (χ4n) is 1.64. The van der Waals surface area contributed by atoms with Gasteiger partial charge in [0, 0.05) is 12.1 Å². The lowest BCUT2D eigenvalue weighted by molar-refractivity contribution is 0.0997. The lowest BCUT2D eigenvalue weighted by Gasteiger charge is -1.97. The second-order valence-corrected chi connectivity index (χ2v) is 6.56. The van der Waals surface area contributed by atoms with Gasteiger partial charge in [-0.05, 0) is 24.3 Å². The molecule has 0 aliphatic heterocycles. The van der Waals surface area contributed by atoms with Crippen LogP contribution in [0.2, 0.25) is 0 Å². The molecule has 0 saturated carbocycles. The van der Waals surface area contributed by atoms with Crippen LogP contribution in [0.4, 0.5) is 0 Å². The molecule has 0 saturated heterocycles. The van der Waals surface area contributed by atoms with Crippen molar-refractivity contribution in [2.75, 3.05) is 5.75 Å². The summed E-state index contributed by atoms with van der Waals surface area (Å²) in [6, 6.07) is 9.12. The molecule has 4 nitrogen and oxygen atoms in total. The molecule has 0 unspecified atom stereocenters. The Morgan fingerprint density at radius 3 is 2.75 bits per heavy atom. The van der Waals surface area contributed by atoms with Gasteiger partial charge in [-0.15, -0.1) is 0 Å². The van der Waals surface area contributed by atoms with Gasteiger partial charge in [-0.3, -0.25) is 4.79 Å². The highest BCUT2D eigenvalue weighted by Gasteiger charge is 2.07. The number of amides is 1. The first-order valence-corrected chi connectivity index (χ1v) is 8.39. The first-order valence-electron chi connectivity index (χ1n) is 6.59. The van der Waals surface area contributed by atoms with Crippen LogP contribution in [0.1, 0.15) is 30.6 Å². The third-order valence-corrected chi connectivity index (χ3v) is 4.48. The number of benzene rings is 1. The predicted octanol–water partition coefficient (Wildman–Crippen LogP) is 3.21. The van der Waals surface area contributed by atoms with Gasteiger partial charge in [0.15, 0.2) is 4.34 Å². The van der Waals surface area contributed by atoms with Crippen LogP contribution >= 0.6 is 23.1 Å². The maximum Gasteiger partial charge on any atom is 0.279 e. The normalized spacial score (nSPS) is 11.8. The first kappa shape index (κ1) is 15.0. The largest absolute Gasteiger partial charge is 0.279 e. The van der Waals surface area contributed by atoms with Crippen LogP contribution in [0.5, 0.6) is 0 Å².